The molecule has 2 nitrogen and oxygen atoms in total. The molecule has 0 aliphatic carbocycles. The number of ketones is 1. The Morgan fingerprint density at radius 2 is 1.73 bits per heavy atom. The zero-order valence-electron chi connectivity index (χ0n) is 13.4. The number of carbonyl (C=O) groups is 1. The van der Waals surface area contributed by atoms with Crippen molar-refractivity contribution in [1.29, 1.82) is 0 Å². The average Bonchev–Trinajstić information content (AvgIpc) is 2.51. The number of aryl methyl sites for hydroxylation is 1. The number of ether oxygens (including phenoxy) is 1. The van der Waals surface area contributed by atoms with Crippen LogP contribution < -0.4 is 4.74 Å². The molecular weight excluding hydrogens is 339 g/mol. The predicted molar refractivity (Wildman–Crippen MR) is 92.6 cm³/mol. The summed E-state index contributed by atoms with van der Waals surface area (Å²) in [5.41, 5.74) is 1.31. The number of rotatable bonds is 11. The van der Waals surface area contributed by atoms with Crippen LogP contribution in [-0.2, 0) is 26.2 Å². The van der Waals surface area contributed by atoms with Crippen LogP contribution in [0, 0.1) is 0 Å². The Kier molecular flexibility index (Phi) is 9.74. The maximum atomic E-state index is 11.6. The zero-order valence-corrected chi connectivity index (χ0v) is 15.3. The van der Waals surface area contributed by atoms with Gasteiger partial charge in [-0.3, -0.25) is 0 Å². The summed E-state index contributed by atoms with van der Waals surface area (Å²) in [7, 11) is 0. The average molecular weight is 365 g/mol. The molecule has 0 fully saturated rings. The fourth-order valence-corrected chi connectivity index (χ4v) is 2.64. The van der Waals surface area contributed by atoms with E-state index in [4.69, 9.17) is 4.74 Å². The minimum absolute atomic E-state index is 0.104. The van der Waals surface area contributed by atoms with Crippen LogP contribution in [0.25, 0.3) is 0 Å². The molecule has 22 heavy (non-hydrogen) atoms. The van der Waals surface area contributed by atoms with Crippen molar-refractivity contribution in [3.63, 3.8) is 0 Å². The van der Waals surface area contributed by atoms with Gasteiger partial charge in [-0.2, -0.15) is 0 Å². The third-order valence-corrected chi connectivity index (χ3v) is 4.08. The molecule has 0 heterocycles. The van der Waals surface area contributed by atoms with Crippen molar-refractivity contribution in [3.8, 4) is 5.75 Å². The first kappa shape index (κ1) is 19.5. The number of carbonyl (C=O) groups excluding carboxylic acids is 1. The topological polar surface area (TPSA) is 26.3 Å². The van der Waals surface area contributed by atoms with E-state index >= 15 is 0 Å². The van der Waals surface area contributed by atoms with Crippen molar-refractivity contribution >= 4 is 22.2 Å². The molecule has 0 aliphatic rings. The molecule has 0 saturated carbocycles. The van der Waals surface area contributed by atoms with Gasteiger partial charge in [-0.1, -0.05) is 26.2 Å². The standard InChI is InChI=1S/C18H26O2S.Ni/c1-3-4-5-6-7-8-9-16-10-12-17(13-11-16)20-15(2)18(19)14-21;/h10-13,15,21H,3-9H2,1-2H3;. The number of thiol groups is 1. The summed E-state index contributed by atoms with van der Waals surface area (Å²) in [6.45, 7) is 3.93. The zero-order chi connectivity index (χ0) is 16.4. The fourth-order valence-electron chi connectivity index (χ4n) is 2.26. The number of hydrogen-bond acceptors (Lipinski definition) is 3. The molecule has 4 heteroatoms. The van der Waals surface area contributed by atoms with Crippen LogP contribution >= 0.6 is 12.6 Å². The molecule has 0 aromatic heterocycles. The molecule has 1 aromatic rings. The normalized spacial score (nSPS) is 12.0. The van der Waals surface area contributed by atoms with Gasteiger partial charge in [0.2, 0.25) is 0 Å². The van der Waals surface area contributed by atoms with Gasteiger partial charge in [-0.25, -0.2) is 0 Å². The number of Topliss-reactive ketones (excluding diaryl/α,β-unsaturated/α-hetero) is 1. The molecule has 0 saturated heterocycles. The van der Waals surface area contributed by atoms with E-state index in [9.17, 15) is 4.79 Å². The Bertz CT molecular complexity index is 470. The summed E-state index contributed by atoms with van der Waals surface area (Å²) in [5.74, 6) is 0.460. The third kappa shape index (κ3) is 7.60. The first-order chi connectivity index (χ1) is 10.5. The van der Waals surface area contributed by atoms with Crippen molar-refractivity contribution in [3.05, 3.63) is 29.8 Å². The predicted octanol–water partition coefficient (Wildman–Crippen LogP) is 4.53. The first-order valence-corrected chi connectivity index (χ1v) is 8.96. The van der Waals surface area contributed by atoms with Crippen LogP contribution in [0.15, 0.2) is 24.3 Å². The fraction of sp³-hybridized carbons (Fsp3) is 0.556. The number of unbranched alkanes of at least 4 members (excludes halogenated alkanes) is 5. The molecule has 0 amide bonds. The van der Waals surface area contributed by atoms with E-state index < -0.39 is 6.10 Å². The van der Waals surface area contributed by atoms with E-state index in [1.165, 1.54) is 44.1 Å². The van der Waals surface area contributed by atoms with Crippen molar-refractivity contribution in [1.82, 2.24) is 0 Å². The van der Waals surface area contributed by atoms with E-state index in [1.54, 1.807) is 6.92 Å². The third-order valence-electron chi connectivity index (χ3n) is 3.61. The van der Waals surface area contributed by atoms with E-state index in [2.05, 4.69) is 46.7 Å². The minimum atomic E-state index is -0.578. The molecule has 0 bridgehead atoms. The van der Waals surface area contributed by atoms with Crippen LogP contribution in [0.3, 0.4) is 0 Å². The van der Waals surface area contributed by atoms with Gasteiger partial charge < -0.3 is 0 Å². The van der Waals surface area contributed by atoms with Gasteiger partial charge in [-0.15, -0.1) is 0 Å². The summed E-state index contributed by atoms with van der Waals surface area (Å²) < 4.78 is 5.69. The Morgan fingerprint density at radius 3 is 2.32 bits per heavy atom. The van der Waals surface area contributed by atoms with E-state index in [1.807, 2.05) is 12.1 Å². The Hall–Kier alpha value is -0.596. The van der Waals surface area contributed by atoms with Gasteiger partial charge in [0.1, 0.15) is 0 Å². The van der Waals surface area contributed by atoms with E-state index in [-0.39, 0.29) is 9.61 Å². The van der Waals surface area contributed by atoms with Gasteiger partial charge >= 0.3 is 121 Å². The summed E-state index contributed by atoms with van der Waals surface area (Å²) in [6.07, 6.45) is 8.37. The van der Waals surface area contributed by atoms with Crippen LogP contribution in [0.1, 0.15) is 57.9 Å². The second-order valence-corrected chi connectivity index (χ2v) is 6.82. The van der Waals surface area contributed by atoms with Gasteiger partial charge in [0, 0.05) is 0 Å². The maximum absolute atomic E-state index is 11.6. The molecule has 1 aromatic carbocycles. The van der Waals surface area contributed by atoms with Gasteiger partial charge in [0.15, 0.2) is 0 Å². The van der Waals surface area contributed by atoms with Crippen molar-refractivity contribution in [2.24, 2.45) is 0 Å². The van der Waals surface area contributed by atoms with Crippen molar-refractivity contribution in [2.75, 3.05) is 0 Å². The van der Waals surface area contributed by atoms with Crippen LogP contribution in [0.5, 0.6) is 5.75 Å². The molecule has 126 valence electrons. The molecular formula is C18H26NiO2S. The van der Waals surface area contributed by atoms with E-state index in [0.717, 1.165) is 6.42 Å². The Balaban J connectivity index is 2.33. The summed E-state index contributed by atoms with van der Waals surface area (Å²) in [4.78, 5) is 11.6. The summed E-state index contributed by atoms with van der Waals surface area (Å²) in [5, 5.41) is 0. The van der Waals surface area contributed by atoms with Crippen LogP contribution in [0.2, 0.25) is 0 Å². The summed E-state index contributed by atoms with van der Waals surface area (Å²) in [6, 6.07) is 7.98. The quantitative estimate of drug-likeness (QED) is 0.354. The molecule has 0 spiro atoms. The molecule has 0 aliphatic heterocycles. The van der Waals surface area contributed by atoms with E-state index in [0.29, 0.717) is 5.75 Å². The Morgan fingerprint density at radius 1 is 1.14 bits per heavy atom. The molecule has 1 atom stereocenters. The summed E-state index contributed by atoms with van der Waals surface area (Å²) >= 11 is 8.35. The SMILES string of the molecule is CCCCCCCCc1ccc(OC(C)C(=O)[C](S)=[Ni])cc1. The van der Waals surface area contributed by atoms with Gasteiger partial charge in [0.05, 0.1) is 0 Å². The van der Waals surface area contributed by atoms with Crippen molar-refractivity contribution < 1.29 is 24.6 Å². The number of benzene rings is 1. The monoisotopic (exact) mass is 364 g/mol. The first-order valence-electron chi connectivity index (χ1n) is 8.02. The second-order valence-electron chi connectivity index (χ2n) is 5.55. The molecule has 0 N–H and O–H groups in total. The molecule has 1 unspecified atom stereocenters. The van der Waals surface area contributed by atoms with Crippen LogP contribution in [0.4, 0.5) is 0 Å². The van der Waals surface area contributed by atoms with Gasteiger partial charge in [0.25, 0.3) is 0 Å². The van der Waals surface area contributed by atoms with Crippen LogP contribution in [-0.4, -0.2) is 15.7 Å². The number of hydrogen-bond donors (Lipinski definition) is 1. The van der Waals surface area contributed by atoms with Crippen molar-refractivity contribution in [2.45, 2.75) is 64.9 Å². The molecule has 0 radical (unpaired) electrons. The van der Waals surface area contributed by atoms with Gasteiger partial charge in [-0.05, 0) is 0 Å². The second kappa shape index (κ2) is 11.0. The molecule has 1 rings (SSSR count). The Labute approximate surface area is 147 Å².